The maximum absolute atomic E-state index is 12.8. The molecule has 0 aliphatic rings. The Balaban J connectivity index is 1.65. The smallest absolute Gasteiger partial charge is 0.408 e. The van der Waals surface area contributed by atoms with Gasteiger partial charge >= 0.3 is 6.09 Å². The zero-order valence-corrected chi connectivity index (χ0v) is 20.2. The molecule has 0 saturated carbocycles. The number of sulfone groups is 1. The fourth-order valence-corrected chi connectivity index (χ4v) is 4.38. The molecule has 7 nitrogen and oxygen atoms in total. The number of hydrogen-bond acceptors (Lipinski definition) is 5. The van der Waals surface area contributed by atoms with E-state index >= 15 is 0 Å². The minimum absolute atomic E-state index is 0.0809. The van der Waals surface area contributed by atoms with Gasteiger partial charge in [0.2, 0.25) is 5.91 Å². The van der Waals surface area contributed by atoms with Crippen molar-refractivity contribution in [2.75, 3.05) is 5.75 Å². The van der Waals surface area contributed by atoms with Gasteiger partial charge in [-0.15, -0.1) is 0 Å². The first-order valence-electron chi connectivity index (χ1n) is 11.1. The topological polar surface area (TPSA) is 102 Å². The maximum atomic E-state index is 12.8. The Labute approximate surface area is 205 Å². The van der Waals surface area contributed by atoms with Gasteiger partial charge in [0, 0.05) is 12.1 Å². The number of amides is 2. The third kappa shape index (κ3) is 8.42. The van der Waals surface area contributed by atoms with Crippen LogP contribution >= 0.6 is 0 Å². The number of allylic oxidation sites excluding steroid dienone is 1. The molecule has 1 atom stereocenters. The van der Waals surface area contributed by atoms with Crippen molar-refractivity contribution in [2.45, 2.75) is 30.9 Å². The molecular weight excluding hydrogens is 464 g/mol. The average Bonchev–Trinajstić information content (AvgIpc) is 2.88. The van der Waals surface area contributed by atoms with Crippen molar-refractivity contribution in [3.8, 4) is 0 Å². The van der Waals surface area contributed by atoms with Crippen LogP contribution < -0.4 is 10.6 Å². The van der Waals surface area contributed by atoms with Gasteiger partial charge in [-0.2, -0.15) is 0 Å². The van der Waals surface area contributed by atoms with Crippen LogP contribution in [0.5, 0.6) is 0 Å². The van der Waals surface area contributed by atoms with Gasteiger partial charge in [-0.05, 0) is 36.3 Å². The molecule has 0 aromatic heterocycles. The Morgan fingerprint density at radius 1 is 0.857 bits per heavy atom. The number of hydrogen-bond donors (Lipinski definition) is 2. The monoisotopic (exact) mass is 492 g/mol. The van der Waals surface area contributed by atoms with Crippen molar-refractivity contribution in [1.29, 1.82) is 0 Å². The van der Waals surface area contributed by atoms with E-state index < -0.39 is 27.9 Å². The van der Waals surface area contributed by atoms with Crippen LogP contribution in [0, 0.1) is 0 Å². The lowest BCUT2D eigenvalue weighted by Gasteiger charge is -2.16. The molecule has 3 aromatic carbocycles. The van der Waals surface area contributed by atoms with Crippen LogP contribution in [-0.4, -0.2) is 32.2 Å². The zero-order valence-electron chi connectivity index (χ0n) is 19.4. The van der Waals surface area contributed by atoms with E-state index in [0.717, 1.165) is 11.1 Å². The van der Waals surface area contributed by atoms with Crippen LogP contribution in [0.25, 0.3) is 0 Å². The van der Waals surface area contributed by atoms with Gasteiger partial charge in [-0.1, -0.05) is 78.9 Å². The molecule has 0 fully saturated rings. The van der Waals surface area contributed by atoms with Gasteiger partial charge in [-0.25, -0.2) is 13.2 Å². The molecule has 0 aliphatic heterocycles. The minimum atomic E-state index is -3.57. The predicted octanol–water partition coefficient (Wildman–Crippen LogP) is 4.02. The van der Waals surface area contributed by atoms with Crippen molar-refractivity contribution < 1.29 is 22.7 Å². The summed E-state index contributed by atoms with van der Waals surface area (Å²) in [6, 6.07) is 25.8. The Morgan fingerprint density at radius 2 is 1.40 bits per heavy atom. The van der Waals surface area contributed by atoms with Gasteiger partial charge < -0.3 is 15.4 Å². The highest BCUT2D eigenvalue weighted by Gasteiger charge is 2.19. The maximum Gasteiger partial charge on any atom is 0.408 e. The normalized spacial score (nSPS) is 12.4. The van der Waals surface area contributed by atoms with E-state index in [2.05, 4.69) is 10.6 Å². The van der Waals surface area contributed by atoms with Crippen molar-refractivity contribution in [1.82, 2.24) is 10.6 Å². The van der Waals surface area contributed by atoms with Crippen LogP contribution in [0.4, 0.5) is 4.79 Å². The number of nitrogens with one attached hydrogen (secondary N) is 2. The molecule has 0 spiro atoms. The number of carbonyl (C=O) groups is 2. The Kier molecular flexibility index (Phi) is 9.20. The lowest BCUT2D eigenvalue weighted by atomic mass is 10.1. The van der Waals surface area contributed by atoms with Crippen molar-refractivity contribution in [2.24, 2.45) is 0 Å². The average molecular weight is 493 g/mol. The molecule has 2 N–H and O–H groups in total. The molecule has 182 valence electrons. The Morgan fingerprint density at radius 3 is 2.00 bits per heavy atom. The SMILES string of the molecule is C[C@H](NC(=O)OCc1ccccc1)C(=O)NC(=CCS(=O)(=O)c1ccccc1)Cc1ccccc1. The fraction of sp³-hybridized carbons (Fsp3) is 0.185. The molecule has 0 bridgehead atoms. The van der Waals surface area contributed by atoms with E-state index in [4.69, 9.17) is 4.74 Å². The standard InChI is InChI=1S/C27H28N2O5S/c1-21(28-27(31)34-20-23-13-7-3-8-14-23)26(30)29-24(19-22-11-5-2-6-12-22)17-18-35(32,33)25-15-9-4-10-16-25/h2-17,21H,18-20H2,1H3,(H,28,31)(H,29,30)/t21-/m0/s1. The first-order chi connectivity index (χ1) is 16.8. The number of carbonyl (C=O) groups excluding carboxylic acids is 2. The molecule has 2 amide bonds. The van der Waals surface area contributed by atoms with E-state index in [9.17, 15) is 18.0 Å². The summed E-state index contributed by atoms with van der Waals surface area (Å²) in [6.07, 6.45) is 1.09. The molecule has 3 rings (SSSR count). The van der Waals surface area contributed by atoms with Crippen molar-refractivity contribution in [3.63, 3.8) is 0 Å². The molecule has 0 aliphatic carbocycles. The van der Waals surface area contributed by atoms with E-state index in [1.165, 1.54) is 25.1 Å². The third-order valence-electron chi connectivity index (χ3n) is 5.11. The summed E-state index contributed by atoms with van der Waals surface area (Å²) in [6.45, 7) is 1.61. The molecule has 0 heterocycles. The second-order valence-corrected chi connectivity index (χ2v) is 9.94. The van der Waals surface area contributed by atoms with Crippen LogP contribution in [0.1, 0.15) is 18.1 Å². The van der Waals surface area contributed by atoms with Gasteiger partial charge in [0.1, 0.15) is 12.6 Å². The van der Waals surface area contributed by atoms with E-state index in [0.29, 0.717) is 12.1 Å². The van der Waals surface area contributed by atoms with Crippen LogP contribution in [0.15, 0.2) is 108 Å². The highest BCUT2D eigenvalue weighted by molar-refractivity contribution is 7.91. The van der Waals surface area contributed by atoms with Gasteiger partial charge in [-0.3, -0.25) is 4.79 Å². The quantitative estimate of drug-likeness (QED) is 0.445. The van der Waals surface area contributed by atoms with Crippen molar-refractivity contribution >= 4 is 21.8 Å². The second-order valence-electron chi connectivity index (χ2n) is 7.90. The second kappa shape index (κ2) is 12.5. The highest BCUT2D eigenvalue weighted by atomic mass is 32.2. The Bertz CT molecular complexity index is 1240. The summed E-state index contributed by atoms with van der Waals surface area (Å²) in [5.41, 5.74) is 2.15. The zero-order chi connectivity index (χ0) is 25.1. The fourth-order valence-electron chi connectivity index (χ4n) is 3.19. The summed E-state index contributed by atoms with van der Waals surface area (Å²) in [7, 11) is -3.57. The summed E-state index contributed by atoms with van der Waals surface area (Å²) in [5.74, 6) is -0.763. The summed E-state index contributed by atoms with van der Waals surface area (Å²) >= 11 is 0. The van der Waals surface area contributed by atoms with Crippen LogP contribution in [0.2, 0.25) is 0 Å². The summed E-state index contributed by atoms with van der Waals surface area (Å²) in [5, 5.41) is 5.25. The van der Waals surface area contributed by atoms with Crippen molar-refractivity contribution in [3.05, 3.63) is 114 Å². The van der Waals surface area contributed by atoms with E-state index in [-0.39, 0.29) is 17.3 Å². The van der Waals surface area contributed by atoms with E-state index in [1.54, 1.807) is 18.2 Å². The number of alkyl carbamates (subject to hydrolysis) is 1. The number of benzene rings is 3. The molecule has 0 saturated heterocycles. The number of rotatable bonds is 10. The molecule has 35 heavy (non-hydrogen) atoms. The molecular formula is C27H28N2O5S. The highest BCUT2D eigenvalue weighted by Crippen LogP contribution is 2.13. The number of ether oxygens (including phenoxy) is 1. The van der Waals surface area contributed by atoms with Crippen LogP contribution in [0.3, 0.4) is 0 Å². The largest absolute Gasteiger partial charge is 0.445 e. The molecule has 0 radical (unpaired) electrons. The lowest BCUT2D eigenvalue weighted by Crippen LogP contribution is -2.45. The molecule has 3 aromatic rings. The molecule has 0 unspecified atom stereocenters. The first-order valence-corrected chi connectivity index (χ1v) is 12.8. The Hall–Kier alpha value is -3.91. The minimum Gasteiger partial charge on any atom is -0.445 e. The summed E-state index contributed by atoms with van der Waals surface area (Å²) in [4.78, 5) is 25.1. The van der Waals surface area contributed by atoms with Gasteiger partial charge in [0.25, 0.3) is 0 Å². The van der Waals surface area contributed by atoms with Crippen LogP contribution in [-0.2, 0) is 32.4 Å². The van der Waals surface area contributed by atoms with E-state index in [1.807, 2.05) is 60.7 Å². The van der Waals surface area contributed by atoms with Gasteiger partial charge in [0.05, 0.1) is 10.6 Å². The summed E-state index contributed by atoms with van der Waals surface area (Å²) < 4.78 is 30.6. The lowest BCUT2D eigenvalue weighted by molar-refractivity contribution is -0.122. The first kappa shape index (κ1) is 25.7. The molecule has 8 heteroatoms. The predicted molar refractivity (Wildman–Crippen MR) is 134 cm³/mol. The van der Waals surface area contributed by atoms with Gasteiger partial charge in [0.15, 0.2) is 9.84 Å². The third-order valence-corrected chi connectivity index (χ3v) is 6.71.